The van der Waals surface area contributed by atoms with Gasteiger partial charge in [0.2, 0.25) is 0 Å². The molecule has 2 rings (SSSR count). The zero-order chi connectivity index (χ0) is 9.42. The molecule has 0 saturated heterocycles. The number of allylic oxidation sites excluding steroid dienone is 1. The van der Waals surface area contributed by atoms with Crippen molar-refractivity contribution in [3.63, 3.8) is 0 Å². The number of aliphatic hydroxyl groups is 1. The van der Waals surface area contributed by atoms with Crippen molar-refractivity contribution >= 4 is 5.78 Å². The van der Waals surface area contributed by atoms with Gasteiger partial charge in [-0.1, -0.05) is 0 Å². The molecule has 0 aromatic carbocycles. The van der Waals surface area contributed by atoms with Crippen LogP contribution in [0.25, 0.3) is 0 Å². The SMILES string of the molecule is C[C@@H]1CCC2=C(CC[C@H](O)C2=O)O1. The Morgan fingerprint density at radius 3 is 2.92 bits per heavy atom. The van der Waals surface area contributed by atoms with Gasteiger partial charge >= 0.3 is 0 Å². The van der Waals surface area contributed by atoms with Crippen LogP contribution in [0.15, 0.2) is 11.3 Å². The fraction of sp³-hybridized carbons (Fsp3) is 0.700. The van der Waals surface area contributed by atoms with Gasteiger partial charge in [-0.15, -0.1) is 0 Å². The Labute approximate surface area is 77.4 Å². The van der Waals surface area contributed by atoms with Crippen molar-refractivity contribution in [1.29, 1.82) is 0 Å². The van der Waals surface area contributed by atoms with E-state index in [1.807, 2.05) is 6.92 Å². The molecule has 2 aliphatic rings. The first kappa shape index (κ1) is 8.75. The van der Waals surface area contributed by atoms with Crippen molar-refractivity contribution < 1.29 is 14.6 Å². The summed E-state index contributed by atoms with van der Waals surface area (Å²) in [5, 5.41) is 9.34. The lowest BCUT2D eigenvalue weighted by Gasteiger charge is -2.30. The van der Waals surface area contributed by atoms with E-state index in [9.17, 15) is 9.90 Å². The fourth-order valence-electron chi connectivity index (χ4n) is 1.93. The minimum atomic E-state index is -0.782. The van der Waals surface area contributed by atoms with Crippen molar-refractivity contribution in [2.24, 2.45) is 0 Å². The molecule has 1 heterocycles. The summed E-state index contributed by atoms with van der Waals surface area (Å²) in [5.74, 6) is 0.710. The molecule has 0 spiro atoms. The number of hydrogen-bond donors (Lipinski definition) is 1. The third-order valence-corrected chi connectivity index (χ3v) is 2.73. The van der Waals surface area contributed by atoms with Crippen LogP contribution in [0.5, 0.6) is 0 Å². The van der Waals surface area contributed by atoms with E-state index in [-0.39, 0.29) is 11.9 Å². The quantitative estimate of drug-likeness (QED) is 0.611. The van der Waals surface area contributed by atoms with Crippen molar-refractivity contribution in [3.8, 4) is 0 Å². The van der Waals surface area contributed by atoms with E-state index >= 15 is 0 Å². The highest BCUT2D eigenvalue weighted by molar-refractivity contribution is 6.00. The Morgan fingerprint density at radius 1 is 1.38 bits per heavy atom. The van der Waals surface area contributed by atoms with Crippen LogP contribution in [0, 0.1) is 0 Å². The first-order valence-electron chi connectivity index (χ1n) is 4.79. The molecule has 0 bridgehead atoms. The van der Waals surface area contributed by atoms with Gasteiger partial charge in [-0.25, -0.2) is 0 Å². The molecule has 0 aromatic rings. The second-order valence-corrected chi connectivity index (χ2v) is 3.79. The van der Waals surface area contributed by atoms with Crippen molar-refractivity contribution in [2.75, 3.05) is 0 Å². The number of ether oxygens (including phenoxy) is 1. The maximum Gasteiger partial charge on any atom is 0.190 e. The maximum absolute atomic E-state index is 11.5. The average Bonchev–Trinajstić information content (AvgIpc) is 2.12. The summed E-state index contributed by atoms with van der Waals surface area (Å²) in [6.07, 6.45) is 2.33. The molecule has 0 aromatic heterocycles. The Bertz CT molecular complexity index is 267. The molecule has 0 fully saturated rings. The largest absolute Gasteiger partial charge is 0.495 e. The average molecular weight is 182 g/mol. The molecule has 0 unspecified atom stereocenters. The predicted octanol–water partition coefficient (Wildman–Crippen LogP) is 1.16. The van der Waals surface area contributed by atoms with Crippen molar-refractivity contribution in [1.82, 2.24) is 0 Å². The molecule has 72 valence electrons. The maximum atomic E-state index is 11.5. The number of Topliss-reactive ketones (excluding diaryl/α,β-unsaturated/α-hetero) is 1. The third kappa shape index (κ3) is 1.48. The highest BCUT2D eigenvalue weighted by atomic mass is 16.5. The molecule has 3 nitrogen and oxygen atoms in total. The van der Waals surface area contributed by atoms with Crippen LogP contribution in [0.2, 0.25) is 0 Å². The van der Waals surface area contributed by atoms with Gasteiger partial charge in [0.15, 0.2) is 5.78 Å². The number of carbonyl (C=O) groups excluding carboxylic acids is 1. The first-order chi connectivity index (χ1) is 6.18. The second kappa shape index (κ2) is 3.14. The van der Waals surface area contributed by atoms with E-state index in [1.54, 1.807) is 0 Å². The molecule has 13 heavy (non-hydrogen) atoms. The van der Waals surface area contributed by atoms with E-state index in [2.05, 4.69) is 0 Å². The predicted molar refractivity (Wildman–Crippen MR) is 47.1 cm³/mol. The summed E-state index contributed by atoms with van der Waals surface area (Å²) in [6.45, 7) is 2.01. The molecular weight excluding hydrogens is 168 g/mol. The number of rotatable bonds is 0. The smallest absolute Gasteiger partial charge is 0.190 e. The van der Waals surface area contributed by atoms with Gasteiger partial charge in [-0.3, -0.25) is 4.79 Å². The number of aliphatic hydroxyl groups excluding tert-OH is 1. The summed E-state index contributed by atoms with van der Waals surface area (Å²) >= 11 is 0. The van der Waals surface area contributed by atoms with Gasteiger partial charge < -0.3 is 9.84 Å². The van der Waals surface area contributed by atoms with E-state index in [0.29, 0.717) is 12.8 Å². The van der Waals surface area contributed by atoms with E-state index in [0.717, 1.165) is 24.2 Å². The standard InChI is InChI=1S/C10H14O3/c1-6-2-3-7-9(13-6)5-4-8(11)10(7)12/h6,8,11H,2-5H2,1H3/t6-,8+/m1/s1. The van der Waals surface area contributed by atoms with Crippen LogP contribution in [-0.4, -0.2) is 23.1 Å². The van der Waals surface area contributed by atoms with Crippen LogP contribution in [-0.2, 0) is 9.53 Å². The highest BCUT2D eigenvalue weighted by Crippen LogP contribution is 2.32. The highest BCUT2D eigenvalue weighted by Gasteiger charge is 2.32. The lowest BCUT2D eigenvalue weighted by atomic mass is 9.88. The molecule has 0 radical (unpaired) electrons. The van der Waals surface area contributed by atoms with Gasteiger partial charge in [-0.2, -0.15) is 0 Å². The molecular formula is C10H14O3. The van der Waals surface area contributed by atoms with Gasteiger partial charge in [-0.05, 0) is 26.2 Å². The van der Waals surface area contributed by atoms with E-state index < -0.39 is 6.10 Å². The van der Waals surface area contributed by atoms with Gasteiger partial charge in [0.05, 0.1) is 6.10 Å². The zero-order valence-electron chi connectivity index (χ0n) is 7.75. The first-order valence-corrected chi connectivity index (χ1v) is 4.79. The molecule has 0 saturated carbocycles. The molecule has 1 aliphatic heterocycles. The van der Waals surface area contributed by atoms with E-state index in [4.69, 9.17) is 4.74 Å². The van der Waals surface area contributed by atoms with Crippen LogP contribution in [0.1, 0.15) is 32.6 Å². The topological polar surface area (TPSA) is 46.5 Å². The molecule has 0 amide bonds. The Hall–Kier alpha value is -0.830. The molecule has 1 N–H and O–H groups in total. The van der Waals surface area contributed by atoms with Crippen LogP contribution in [0.3, 0.4) is 0 Å². The number of ketones is 1. The summed E-state index contributed by atoms with van der Waals surface area (Å²) in [6, 6.07) is 0. The third-order valence-electron chi connectivity index (χ3n) is 2.73. The molecule has 1 aliphatic carbocycles. The summed E-state index contributed by atoms with van der Waals surface area (Å²) in [7, 11) is 0. The van der Waals surface area contributed by atoms with Gasteiger partial charge in [0.25, 0.3) is 0 Å². The van der Waals surface area contributed by atoms with Crippen LogP contribution in [0.4, 0.5) is 0 Å². The number of carbonyl (C=O) groups is 1. The van der Waals surface area contributed by atoms with Crippen LogP contribution < -0.4 is 0 Å². The monoisotopic (exact) mass is 182 g/mol. The van der Waals surface area contributed by atoms with Gasteiger partial charge in [0, 0.05) is 12.0 Å². The number of hydrogen-bond acceptors (Lipinski definition) is 3. The summed E-state index contributed by atoms with van der Waals surface area (Å²) in [4.78, 5) is 11.5. The Balaban J connectivity index is 2.25. The van der Waals surface area contributed by atoms with E-state index in [1.165, 1.54) is 0 Å². The minimum absolute atomic E-state index is 0.117. The second-order valence-electron chi connectivity index (χ2n) is 3.79. The van der Waals surface area contributed by atoms with Crippen molar-refractivity contribution in [2.45, 2.75) is 44.8 Å². The minimum Gasteiger partial charge on any atom is -0.495 e. The lowest BCUT2D eigenvalue weighted by molar-refractivity contribution is -0.125. The van der Waals surface area contributed by atoms with Crippen LogP contribution >= 0.6 is 0 Å². The van der Waals surface area contributed by atoms with Crippen molar-refractivity contribution in [3.05, 3.63) is 11.3 Å². The fourth-order valence-corrected chi connectivity index (χ4v) is 1.93. The summed E-state index contributed by atoms with van der Waals surface area (Å²) in [5.41, 5.74) is 0.733. The zero-order valence-corrected chi connectivity index (χ0v) is 7.75. The lowest BCUT2D eigenvalue weighted by Crippen LogP contribution is -2.31. The molecule has 2 atom stereocenters. The van der Waals surface area contributed by atoms with Gasteiger partial charge in [0.1, 0.15) is 11.9 Å². The molecule has 3 heteroatoms. The Morgan fingerprint density at radius 2 is 2.15 bits per heavy atom. The normalized spacial score (nSPS) is 34.2. The summed E-state index contributed by atoms with van der Waals surface area (Å²) < 4.78 is 5.56. The Kier molecular flexibility index (Phi) is 2.12.